The van der Waals surface area contributed by atoms with E-state index in [4.69, 9.17) is 0 Å². The first kappa shape index (κ1) is 15.0. The normalized spacial score (nSPS) is 17.3. The van der Waals surface area contributed by atoms with Gasteiger partial charge in [0, 0.05) is 39.3 Å². The van der Waals surface area contributed by atoms with Crippen LogP contribution in [0.1, 0.15) is 20.8 Å². The second-order valence-corrected chi connectivity index (χ2v) is 5.87. The van der Waals surface area contributed by atoms with E-state index in [0.717, 1.165) is 44.4 Å². The lowest BCUT2D eigenvalue weighted by molar-refractivity contribution is 0.0344. The summed E-state index contributed by atoms with van der Waals surface area (Å²) in [6.45, 7) is 11.0. The van der Waals surface area contributed by atoms with Crippen LogP contribution in [0, 0.1) is 0 Å². The molecule has 1 aliphatic heterocycles. The molecule has 0 aliphatic carbocycles. The van der Waals surface area contributed by atoms with Gasteiger partial charge in [-0.25, -0.2) is 4.98 Å². The fourth-order valence-electron chi connectivity index (χ4n) is 2.46. The molecule has 0 spiro atoms. The zero-order valence-corrected chi connectivity index (χ0v) is 12.6. The van der Waals surface area contributed by atoms with Crippen molar-refractivity contribution in [1.29, 1.82) is 0 Å². The maximum absolute atomic E-state index is 9.86. The lowest BCUT2D eigenvalue weighted by Crippen LogP contribution is -2.50. The Balaban J connectivity index is 1.92. The van der Waals surface area contributed by atoms with Gasteiger partial charge in [-0.05, 0) is 20.8 Å². The highest BCUT2D eigenvalue weighted by molar-refractivity contribution is 5.44. The minimum Gasteiger partial charge on any atom is -0.389 e. The number of rotatable bonds is 5. The topological polar surface area (TPSA) is 64.5 Å². The van der Waals surface area contributed by atoms with Gasteiger partial charge in [0.05, 0.1) is 18.0 Å². The Labute approximate surface area is 120 Å². The molecule has 0 saturated carbocycles. The van der Waals surface area contributed by atoms with Crippen LogP contribution in [-0.2, 0) is 0 Å². The first-order valence-corrected chi connectivity index (χ1v) is 7.23. The zero-order valence-electron chi connectivity index (χ0n) is 12.6. The van der Waals surface area contributed by atoms with E-state index in [1.807, 2.05) is 27.0 Å². The van der Waals surface area contributed by atoms with E-state index in [0.29, 0.717) is 6.54 Å². The van der Waals surface area contributed by atoms with Crippen molar-refractivity contribution in [3.63, 3.8) is 0 Å². The van der Waals surface area contributed by atoms with Crippen molar-refractivity contribution in [2.24, 2.45) is 0 Å². The minimum absolute atomic E-state index is 0.632. The highest BCUT2D eigenvalue weighted by Gasteiger charge is 2.23. The molecule has 1 aliphatic rings. The van der Waals surface area contributed by atoms with Gasteiger partial charge < -0.3 is 15.3 Å². The summed E-state index contributed by atoms with van der Waals surface area (Å²) in [6.07, 6.45) is 3.56. The first-order valence-electron chi connectivity index (χ1n) is 7.23. The van der Waals surface area contributed by atoms with Crippen molar-refractivity contribution < 1.29 is 5.11 Å². The number of nitrogens with zero attached hydrogens (tertiary/aromatic N) is 4. The summed E-state index contributed by atoms with van der Waals surface area (Å²) in [5.41, 5.74) is -0.632. The van der Waals surface area contributed by atoms with Crippen LogP contribution in [0.25, 0.3) is 0 Å². The third-order valence-electron chi connectivity index (χ3n) is 3.29. The van der Waals surface area contributed by atoms with E-state index < -0.39 is 5.60 Å². The second kappa shape index (κ2) is 6.37. The smallest absolute Gasteiger partial charge is 0.149 e. The average molecular weight is 279 g/mol. The van der Waals surface area contributed by atoms with Gasteiger partial charge in [0.2, 0.25) is 0 Å². The number of piperazine rings is 1. The van der Waals surface area contributed by atoms with E-state index in [1.165, 1.54) is 0 Å². The highest BCUT2D eigenvalue weighted by atomic mass is 16.3. The Morgan fingerprint density at radius 1 is 1.25 bits per heavy atom. The second-order valence-electron chi connectivity index (χ2n) is 5.87. The van der Waals surface area contributed by atoms with Crippen molar-refractivity contribution in [3.8, 4) is 0 Å². The summed E-state index contributed by atoms with van der Waals surface area (Å²) < 4.78 is 0. The molecule has 0 amide bonds. The molecule has 2 heterocycles. The van der Waals surface area contributed by atoms with Crippen molar-refractivity contribution in [2.45, 2.75) is 26.4 Å². The summed E-state index contributed by atoms with van der Waals surface area (Å²) >= 11 is 0. The van der Waals surface area contributed by atoms with Gasteiger partial charge in [0.25, 0.3) is 0 Å². The van der Waals surface area contributed by atoms with E-state index in [-0.39, 0.29) is 0 Å². The van der Waals surface area contributed by atoms with Crippen LogP contribution in [0.4, 0.5) is 11.6 Å². The molecule has 112 valence electrons. The Morgan fingerprint density at radius 3 is 2.55 bits per heavy atom. The number of hydrogen-bond acceptors (Lipinski definition) is 6. The third kappa shape index (κ3) is 4.31. The Morgan fingerprint density at radius 2 is 1.95 bits per heavy atom. The van der Waals surface area contributed by atoms with Crippen LogP contribution >= 0.6 is 0 Å². The van der Waals surface area contributed by atoms with Gasteiger partial charge >= 0.3 is 0 Å². The largest absolute Gasteiger partial charge is 0.389 e. The maximum Gasteiger partial charge on any atom is 0.149 e. The predicted molar refractivity (Wildman–Crippen MR) is 81.1 cm³/mol. The van der Waals surface area contributed by atoms with E-state index in [2.05, 4.69) is 25.1 Å². The maximum atomic E-state index is 9.86. The lowest BCUT2D eigenvalue weighted by Gasteiger charge is -2.37. The Hall–Kier alpha value is -1.40. The molecule has 1 aromatic rings. The van der Waals surface area contributed by atoms with Gasteiger partial charge in [-0.1, -0.05) is 0 Å². The first-order chi connectivity index (χ1) is 9.48. The monoisotopic (exact) mass is 279 g/mol. The number of aliphatic hydroxyl groups is 1. The molecule has 1 aromatic heterocycles. The molecule has 2 N–H and O–H groups in total. The number of β-amino-alcohol motifs (C(OH)–C–C–N with tert-alkyl or cyclic N) is 1. The molecule has 6 nitrogen and oxygen atoms in total. The molecule has 20 heavy (non-hydrogen) atoms. The predicted octanol–water partition coefficient (Wildman–Crippen LogP) is 0.801. The number of aromatic nitrogens is 2. The molecule has 0 atom stereocenters. The standard InChI is InChI=1S/C14H25N5O/c1-4-16-12-9-15-10-13(17-12)19-7-5-18(6-8-19)11-14(2,3)20/h9-10,20H,4-8,11H2,1-3H3,(H,16,17). The third-order valence-corrected chi connectivity index (χ3v) is 3.29. The van der Waals surface area contributed by atoms with Gasteiger partial charge in [-0.2, -0.15) is 0 Å². The van der Waals surface area contributed by atoms with E-state index in [9.17, 15) is 5.11 Å². The molecule has 0 aromatic carbocycles. The van der Waals surface area contributed by atoms with Crippen LogP contribution in [0.5, 0.6) is 0 Å². The molecule has 1 saturated heterocycles. The van der Waals surface area contributed by atoms with Gasteiger partial charge in [0.1, 0.15) is 11.6 Å². The number of hydrogen-bond donors (Lipinski definition) is 2. The summed E-state index contributed by atoms with van der Waals surface area (Å²) in [4.78, 5) is 13.3. The number of anilines is 2. The van der Waals surface area contributed by atoms with Crippen molar-refractivity contribution in [1.82, 2.24) is 14.9 Å². The molecular formula is C14H25N5O. The quantitative estimate of drug-likeness (QED) is 0.831. The Kier molecular flexibility index (Phi) is 4.77. The molecule has 0 bridgehead atoms. The molecule has 0 unspecified atom stereocenters. The van der Waals surface area contributed by atoms with Crippen LogP contribution in [0.2, 0.25) is 0 Å². The van der Waals surface area contributed by atoms with Crippen LogP contribution in [0.15, 0.2) is 12.4 Å². The lowest BCUT2D eigenvalue weighted by atomic mass is 10.1. The molecule has 2 rings (SSSR count). The fourth-order valence-corrected chi connectivity index (χ4v) is 2.46. The molecule has 6 heteroatoms. The Bertz CT molecular complexity index is 424. The summed E-state index contributed by atoms with van der Waals surface area (Å²) in [6, 6.07) is 0. The van der Waals surface area contributed by atoms with Gasteiger partial charge in [-0.15, -0.1) is 0 Å². The van der Waals surface area contributed by atoms with Crippen molar-refractivity contribution in [2.75, 3.05) is 49.5 Å². The summed E-state index contributed by atoms with van der Waals surface area (Å²) in [7, 11) is 0. The van der Waals surface area contributed by atoms with Crippen molar-refractivity contribution in [3.05, 3.63) is 12.4 Å². The fraction of sp³-hybridized carbons (Fsp3) is 0.714. The van der Waals surface area contributed by atoms with Crippen LogP contribution < -0.4 is 10.2 Å². The average Bonchev–Trinajstić information content (AvgIpc) is 2.38. The van der Waals surface area contributed by atoms with Crippen LogP contribution in [0.3, 0.4) is 0 Å². The number of nitrogens with one attached hydrogen (secondary N) is 1. The summed E-state index contributed by atoms with van der Waals surface area (Å²) in [5, 5.41) is 13.0. The minimum atomic E-state index is -0.632. The molecule has 1 fully saturated rings. The van der Waals surface area contributed by atoms with E-state index >= 15 is 0 Å². The van der Waals surface area contributed by atoms with Crippen molar-refractivity contribution >= 4 is 11.6 Å². The van der Waals surface area contributed by atoms with E-state index in [1.54, 1.807) is 6.20 Å². The summed E-state index contributed by atoms with van der Waals surface area (Å²) in [5.74, 6) is 1.75. The SMILES string of the molecule is CCNc1cncc(N2CCN(CC(C)(C)O)CC2)n1. The zero-order chi connectivity index (χ0) is 14.6. The van der Waals surface area contributed by atoms with Gasteiger partial charge in [-0.3, -0.25) is 9.88 Å². The van der Waals surface area contributed by atoms with Gasteiger partial charge in [0.15, 0.2) is 0 Å². The molecular weight excluding hydrogens is 254 g/mol. The molecule has 0 radical (unpaired) electrons. The highest BCUT2D eigenvalue weighted by Crippen LogP contribution is 2.16. The van der Waals surface area contributed by atoms with Crippen LogP contribution in [-0.4, -0.2) is 64.8 Å².